The Hall–Kier alpha value is -1.96. The Labute approximate surface area is 191 Å². The molecule has 2 saturated carbocycles. The standard InChI is InChI=1S/C24H25FN2O2S2/c25-18-7-5-15(6-8-18)20-12-17(2-1-9-26)21(29-20)13-22-23(28)27(24(30)31-22)19-11-14-3-4-16(19)10-14/h5-8,12-14,16,19H,1-4,9-11,26H2/b22-13+. The van der Waals surface area contributed by atoms with Crippen LogP contribution in [0.3, 0.4) is 0 Å². The molecule has 7 heteroatoms. The summed E-state index contributed by atoms with van der Waals surface area (Å²) in [5, 5.41) is 0. The first kappa shape index (κ1) is 20.9. The van der Waals surface area contributed by atoms with E-state index in [0.717, 1.165) is 36.3 Å². The molecule has 3 unspecified atom stereocenters. The first-order valence-electron chi connectivity index (χ1n) is 10.9. The molecule has 162 valence electrons. The lowest BCUT2D eigenvalue weighted by Crippen LogP contribution is -2.41. The van der Waals surface area contributed by atoms with Gasteiger partial charge in [-0.3, -0.25) is 9.69 Å². The molecule has 3 aliphatic rings. The summed E-state index contributed by atoms with van der Waals surface area (Å²) in [5.74, 6) is 2.35. The van der Waals surface area contributed by atoms with E-state index in [1.165, 1.54) is 43.2 Å². The molecular weight excluding hydrogens is 431 g/mol. The number of rotatable bonds is 6. The van der Waals surface area contributed by atoms with Crippen molar-refractivity contribution >= 4 is 40.3 Å². The zero-order valence-electron chi connectivity index (χ0n) is 17.2. The van der Waals surface area contributed by atoms with Gasteiger partial charge in [0.2, 0.25) is 0 Å². The van der Waals surface area contributed by atoms with E-state index in [1.807, 2.05) is 17.0 Å². The van der Waals surface area contributed by atoms with Gasteiger partial charge in [-0.2, -0.15) is 0 Å². The van der Waals surface area contributed by atoms with Crippen LogP contribution in [0, 0.1) is 17.7 Å². The van der Waals surface area contributed by atoms with Gasteiger partial charge in [-0.05, 0) is 86.4 Å². The van der Waals surface area contributed by atoms with Crippen LogP contribution in [0.5, 0.6) is 0 Å². The van der Waals surface area contributed by atoms with E-state index in [9.17, 15) is 9.18 Å². The van der Waals surface area contributed by atoms with Crippen LogP contribution in [0.15, 0.2) is 39.7 Å². The number of fused-ring (bicyclic) bond motifs is 2. The van der Waals surface area contributed by atoms with E-state index < -0.39 is 0 Å². The molecular formula is C24H25FN2O2S2. The van der Waals surface area contributed by atoms with Crippen LogP contribution < -0.4 is 5.73 Å². The number of carbonyl (C=O) groups excluding carboxylic acids is 1. The Kier molecular flexibility index (Phi) is 5.75. The summed E-state index contributed by atoms with van der Waals surface area (Å²) in [4.78, 5) is 15.7. The number of carbonyl (C=O) groups is 1. The Morgan fingerprint density at radius 3 is 2.74 bits per heavy atom. The summed E-state index contributed by atoms with van der Waals surface area (Å²) < 4.78 is 20.1. The highest BCUT2D eigenvalue weighted by molar-refractivity contribution is 8.26. The third kappa shape index (κ3) is 3.99. The minimum Gasteiger partial charge on any atom is -0.456 e. The van der Waals surface area contributed by atoms with Crippen molar-refractivity contribution in [2.45, 2.75) is 44.6 Å². The topological polar surface area (TPSA) is 59.5 Å². The fourth-order valence-electron chi connectivity index (χ4n) is 5.22. The number of thioether (sulfide) groups is 1. The maximum Gasteiger partial charge on any atom is 0.266 e. The van der Waals surface area contributed by atoms with Crippen molar-refractivity contribution in [2.75, 3.05) is 6.54 Å². The van der Waals surface area contributed by atoms with Gasteiger partial charge in [0.05, 0.1) is 4.91 Å². The number of benzene rings is 1. The molecule has 1 amide bonds. The van der Waals surface area contributed by atoms with Crippen LogP contribution in [0.25, 0.3) is 17.4 Å². The van der Waals surface area contributed by atoms with E-state index in [1.54, 1.807) is 12.1 Å². The predicted octanol–water partition coefficient (Wildman–Crippen LogP) is 5.37. The minimum atomic E-state index is -0.289. The molecule has 5 rings (SSSR count). The fourth-order valence-corrected chi connectivity index (χ4v) is 6.57. The molecule has 2 bridgehead atoms. The summed E-state index contributed by atoms with van der Waals surface area (Å²) in [7, 11) is 0. The maximum atomic E-state index is 13.3. The molecule has 1 aromatic heterocycles. The molecule has 1 aromatic carbocycles. The third-order valence-electron chi connectivity index (χ3n) is 6.74. The molecule has 3 atom stereocenters. The van der Waals surface area contributed by atoms with Crippen LogP contribution in [0.4, 0.5) is 4.39 Å². The quantitative estimate of drug-likeness (QED) is 0.468. The van der Waals surface area contributed by atoms with Crippen molar-refractivity contribution in [3.8, 4) is 11.3 Å². The highest BCUT2D eigenvalue weighted by atomic mass is 32.2. The van der Waals surface area contributed by atoms with Crippen molar-refractivity contribution in [3.63, 3.8) is 0 Å². The molecule has 2 aliphatic carbocycles. The molecule has 31 heavy (non-hydrogen) atoms. The third-order valence-corrected chi connectivity index (χ3v) is 8.07. The normalized spacial score (nSPS) is 26.6. The lowest BCUT2D eigenvalue weighted by molar-refractivity contribution is -0.124. The molecule has 3 fully saturated rings. The van der Waals surface area contributed by atoms with Crippen LogP contribution in [-0.4, -0.2) is 27.7 Å². The highest BCUT2D eigenvalue weighted by Crippen LogP contribution is 2.49. The zero-order valence-corrected chi connectivity index (χ0v) is 18.8. The summed E-state index contributed by atoms with van der Waals surface area (Å²) in [5.41, 5.74) is 7.50. The molecule has 1 saturated heterocycles. The molecule has 2 aromatic rings. The van der Waals surface area contributed by atoms with Crippen LogP contribution in [-0.2, 0) is 11.2 Å². The Balaban J connectivity index is 1.44. The first-order chi connectivity index (χ1) is 15.0. The Morgan fingerprint density at radius 2 is 2.06 bits per heavy atom. The number of halogens is 1. The first-order valence-corrected chi connectivity index (χ1v) is 12.1. The smallest absolute Gasteiger partial charge is 0.266 e. The van der Waals surface area contributed by atoms with Crippen LogP contribution in [0.2, 0.25) is 0 Å². The Morgan fingerprint density at radius 1 is 1.26 bits per heavy atom. The minimum absolute atomic E-state index is 0.00272. The van der Waals surface area contributed by atoms with Gasteiger partial charge in [-0.15, -0.1) is 0 Å². The maximum absolute atomic E-state index is 13.3. The van der Waals surface area contributed by atoms with E-state index in [0.29, 0.717) is 33.2 Å². The van der Waals surface area contributed by atoms with Crippen molar-refractivity contribution in [1.29, 1.82) is 0 Å². The number of nitrogens with two attached hydrogens (primary N) is 1. The average Bonchev–Trinajstić information content (AvgIpc) is 3.52. The molecule has 0 spiro atoms. The second-order valence-corrected chi connectivity index (χ2v) is 10.4. The van der Waals surface area contributed by atoms with E-state index in [-0.39, 0.29) is 17.8 Å². The zero-order chi connectivity index (χ0) is 21.5. The Bertz CT molecular complexity index is 1050. The van der Waals surface area contributed by atoms with Gasteiger partial charge in [0.15, 0.2) is 0 Å². The van der Waals surface area contributed by atoms with Crippen LogP contribution >= 0.6 is 24.0 Å². The van der Waals surface area contributed by atoms with Gasteiger partial charge < -0.3 is 10.2 Å². The van der Waals surface area contributed by atoms with Gasteiger partial charge in [-0.1, -0.05) is 30.4 Å². The molecule has 1 aliphatic heterocycles. The number of thiocarbonyl (C=S) groups is 1. The molecule has 2 N–H and O–H groups in total. The number of hydrogen-bond acceptors (Lipinski definition) is 5. The van der Waals surface area contributed by atoms with Gasteiger partial charge in [0.1, 0.15) is 21.7 Å². The number of furan rings is 1. The molecule has 0 radical (unpaired) electrons. The molecule has 4 nitrogen and oxygen atoms in total. The lowest BCUT2D eigenvalue weighted by Gasteiger charge is -2.30. The predicted molar refractivity (Wildman–Crippen MR) is 126 cm³/mol. The van der Waals surface area contributed by atoms with Gasteiger partial charge >= 0.3 is 0 Å². The lowest BCUT2D eigenvalue weighted by atomic mass is 9.94. The second kappa shape index (κ2) is 8.52. The van der Waals surface area contributed by atoms with Crippen molar-refractivity contribution < 1.29 is 13.6 Å². The summed E-state index contributed by atoms with van der Waals surface area (Å²) in [6.45, 7) is 0.572. The van der Waals surface area contributed by atoms with E-state index in [2.05, 4.69) is 0 Å². The van der Waals surface area contributed by atoms with Crippen molar-refractivity contribution in [3.05, 3.63) is 52.4 Å². The van der Waals surface area contributed by atoms with Crippen LogP contribution in [0.1, 0.15) is 43.4 Å². The summed E-state index contributed by atoms with van der Waals surface area (Å²) in [6.07, 6.45) is 8.17. The van der Waals surface area contributed by atoms with Crippen molar-refractivity contribution in [2.24, 2.45) is 17.6 Å². The van der Waals surface area contributed by atoms with E-state index in [4.69, 9.17) is 22.4 Å². The highest BCUT2D eigenvalue weighted by Gasteiger charge is 2.48. The van der Waals surface area contributed by atoms with Gasteiger partial charge in [-0.25, -0.2) is 4.39 Å². The largest absolute Gasteiger partial charge is 0.456 e. The summed E-state index contributed by atoms with van der Waals surface area (Å²) in [6, 6.07) is 8.43. The number of hydrogen-bond donors (Lipinski definition) is 1. The monoisotopic (exact) mass is 456 g/mol. The summed E-state index contributed by atoms with van der Waals surface area (Å²) >= 11 is 6.97. The average molecular weight is 457 g/mol. The fraction of sp³-hybridized carbons (Fsp3) is 0.417. The van der Waals surface area contributed by atoms with Crippen molar-refractivity contribution in [1.82, 2.24) is 4.90 Å². The second-order valence-electron chi connectivity index (χ2n) is 8.69. The molecule has 2 heterocycles. The SMILES string of the molecule is NCCCc1cc(-c2ccc(F)cc2)oc1/C=C1/SC(=S)N(C2CC3CCC2C3)C1=O. The number of amides is 1. The number of aryl methyl sites for hydroxylation is 1. The van der Waals surface area contributed by atoms with Gasteiger partial charge in [0, 0.05) is 17.7 Å². The van der Waals surface area contributed by atoms with E-state index >= 15 is 0 Å². The van der Waals surface area contributed by atoms with Gasteiger partial charge in [0.25, 0.3) is 5.91 Å². The number of nitrogens with zero attached hydrogens (tertiary/aromatic N) is 1.